The molecule has 0 spiro atoms. The Morgan fingerprint density at radius 3 is 2.24 bits per heavy atom. The molecular weight excluding hydrogens is 222 g/mol. The molecule has 0 amide bonds. The van der Waals surface area contributed by atoms with Gasteiger partial charge in [0.25, 0.3) is 0 Å². The molecule has 0 saturated heterocycles. The van der Waals surface area contributed by atoms with E-state index in [0.717, 1.165) is 0 Å². The fourth-order valence-corrected chi connectivity index (χ4v) is 1.30. The van der Waals surface area contributed by atoms with Crippen LogP contribution in [0, 0.1) is 11.3 Å². The van der Waals surface area contributed by atoms with E-state index in [2.05, 4.69) is 0 Å². The number of methoxy groups -OCH3 is 2. The Labute approximate surface area is 99.5 Å². The molecule has 1 aromatic rings. The van der Waals surface area contributed by atoms with Crippen LogP contribution in [0.3, 0.4) is 0 Å². The molecule has 0 radical (unpaired) electrons. The van der Waals surface area contributed by atoms with Gasteiger partial charge in [-0.05, 0) is 19.1 Å². The molecule has 90 valence electrons. The van der Waals surface area contributed by atoms with Gasteiger partial charge in [-0.25, -0.2) is 4.79 Å². The van der Waals surface area contributed by atoms with Crippen LogP contribution in [-0.4, -0.2) is 26.3 Å². The number of benzene rings is 1. The lowest BCUT2D eigenvalue weighted by molar-refractivity contribution is 0.0428. The highest BCUT2D eigenvalue weighted by Crippen LogP contribution is 2.29. The second kappa shape index (κ2) is 5.75. The fraction of sp³-hybridized carbons (Fsp3) is 0.333. The van der Waals surface area contributed by atoms with Crippen molar-refractivity contribution >= 4 is 5.97 Å². The van der Waals surface area contributed by atoms with Crippen molar-refractivity contribution in [1.29, 1.82) is 5.26 Å². The van der Waals surface area contributed by atoms with Crippen LogP contribution in [0.1, 0.15) is 17.3 Å². The first-order valence-corrected chi connectivity index (χ1v) is 4.95. The molecule has 5 nitrogen and oxygen atoms in total. The van der Waals surface area contributed by atoms with E-state index in [-0.39, 0.29) is 5.56 Å². The number of carbonyl (C=O) groups is 1. The van der Waals surface area contributed by atoms with Gasteiger partial charge in [-0.3, -0.25) is 0 Å². The SMILES string of the molecule is COc1cccc(OC)c1C(=O)O[C@@H](C)C#N. The third-order valence-electron chi connectivity index (χ3n) is 2.10. The summed E-state index contributed by atoms with van der Waals surface area (Å²) in [5, 5.41) is 8.59. The molecule has 1 rings (SSSR count). The normalized spacial score (nSPS) is 11.2. The lowest BCUT2D eigenvalue weighted by Crippen LogP contribution is -2.15. The molecule has 5 heteroatoms. The van der Waals surface area contributed by atoms with E-state index in [0.29, 0.717) is 11.5 Å². The lowest BCUT2D eigenvalue weighted by Gasteiger charge is -2.12. The maximum Gasteiger partial charge on any atom is 0.347 e. The van der Waals surface area contributed by atoms with E-state index in [4.69, 9.17) is 19.5 Å². The van der Waals surface area contributed by atoms with Crippen molar-refractivity contribution in [3.63, 3.8) is 0 Å². The molecule has 1 atom stereocenters. The first-order valence-electron chi connectivity index (χ1n) is 4.95. The van der Waals surface area contributed by atoms with Crippen molar-refractivity contribution in [2.75, 3.05) is 14.2 Å². The number of rotatable bonds is 4. The highest BCUT2D eigenvalue weighted by molar-refractivity contribution is 5.95. The summed E-state index contributed by atoms with van der Waals surface area (Å²) in [5.41, 5.74) is 0.180. The molecular formula is C12H13NO4. The van der Waals surface area contributed by atoms with Crippen LogP contribution < -0.4 is 9.47 Å². The van der Waals surface area contributed by atoms with Crippen LogP contribution in [0.5, 0.6) is 11.5 Å². The maximum atomic E-state index is 11.8. The Hall–Kier alpha value is -2.22. The van der Waals surface area contributed by atoms with Gasteiger partial charge in [0.1, 0.15) is 23.1 Å². The van der Waals surface area contributed by atoms with Gasteiger partial charge < -0.3 is 14.2 Å². The van der Waals surface area contributed by atoms with E-state index < -0.39 is 12.1 Å². The molecule has 0 fully saturated rings. The van der Waals surface area contributed by atoms with Crippen molar-refractivity contribution in [3.8, 4) is 17.6 Å². The summed E-state index contributed by atoms with van der Waals surface area (Å²) in [6, 6.07) is 6.75. The summed E-state index contributed by atoms with van der Waals surface area (Å²) in [6.45, 7) is 1.49. The van der Waals surface area contributed by atoms with Gasteiger partial charge in [0.15, 0.2) is 6.10 Å². The van der Waals surface area contributed by atoms with Crippen LogP contribution in [-0.2, 0) is 4.74 Å². The number of ether oxygens (including phenoxy) is 3. The number of hydrogen-bond acceptors (Lipinski definition) is 5. The standard InChI is InChI=1S/C12H13NO4/c1-8(7-13)17-12(14)11-9(15-2)5-4-6-10(11)16-3/h4-6,8H,1-3H3/t8-/m0/s1. The van der Waals surface area contributed by atoms with Gasteiger partial charge in [0.05, 0.1) is 14.2 Å². The molecule has 0 saturated carbocycles. The molecule has 0 N–H and O–H groups in total. The van der Waals surface area contributed by atoms with Crippen LogP contribution in [0.15, 0.2) is 18.2 Å². The Balaban J connectivity index is 3.10. The molecule has 0 bridgehead atoms. The predicted octanol–water partition coefficient (Wildman–Crippen LogP) is 1.77. The molecule has 0 aliphatic heterocycles. The summed E-state index contributed by atoms with van der Waals surface area (Å²) < 4.78 is 15.0. The second-order valence-corrected chi connectivity index (χ2v) is 3.21. The number of esters is 1. The Kier molecular flexibility index (Phi) is 4.35. The van der Waals surface area contributed by atoms with Crippen LogP contribution >= 0.6 is 0 Å². The summed E-state index contributed by atoms with van der Waals surface area (Å²) in [7, 11) is 2.89. The van der Waals surface area contributed by atoms with Crippen molar-refractivity contribution in [1.82, 2.24) is 0 Å². The molecule has 0 heterocycles. The minimum Gasteiger partial charge on any atom is -0.496 e. The second-order valence-electron chi connectivity index (χ2n) is 3.21. The topological polar surface area (TPSA) is 68.6 Å². The minimum absolute atomic E-state index is 0.180. The van der Waals surface area contributed by atoms with E-state index in [1.165, 1.54) is 21.1 Å². The van der Waals surface area contributed by atoms with E-state index in [1.54, 1.807) is 18.2 Å². The van der Waals surface area contributed by atoms with Gasteiger partial charge in [-0.15, -0.1) is 0 Å². The minimum atomic E-state index is -0.822. The zero-order valence-electron chi connectivity index (χ0n) is 9.89. The highest BCUT2D eigenvalue weighted by atomic mass is 16.5. The molecule has 17 heavy (non-hydrogen) atoms. The molecule has 1 aromatic carbocycles. The molecule has 0 unspecified atom stereocenters. The summed E-state index contributed by atoms with van der Waals surface area (Å²) >= 11 is 0. The quantitative estimate of drug-likeness (QED) is 0.744. The average molecular weight is 235 g/mol. The van der Waals surface area contributed by atoms with Gasteiger partial charge in [0, 0.05) is 0 Å². The number of carbonyl (C=O) groups excluding carboxylic acids is 1. The predicted molar refractivity (Wildman–Crippen MR) is 60.0 cm³/mol. The number of nitriles is 1. The van der Waals surface area contributed by atoms with E-state index in [9.17, 15) is 4.79 Å². The van der Waals surface area contributed by atoms with Gasteiger partial charge in [0.2, 0.25) is 0 Å². The molecule has 0 aromatic heterocycles. The maximum absolute atomic E-state index is 11.8. The van der Waals surface area contributed by atoms with Crippen molar-refractivity contribution in [3.05, 3.63) is 23.8 Å². The van der Waals surface area contributed by atoms with Crippen LogP contribution in [0.25, 0.3) is 0 Å². The third kappa shape index (κ3) is 2.88. The first kappa shape index (κ1) is 12.8. The van der Waals surface area contributed by atoms with E-state index >= 15 is 0 Å². The highest BCUT2D eigenvalue weighted by Gasteiger charge is 2.21. The van der Waals surface area contributed by atoms with Crippen LogP contribution in [0.2, 0.25) is 0 Å². The Morgan fingerprint density at radius 2 is 1.82 bits per heavy atom. The fourth-order valence-electron chi connectivity index (χ4n) is 1.30. The third-order valence-corrected chi connectivity index (χ3v) is 2.10. The van der Waals surface area contributed by atoms with Crippen LogP contribution in [0.4, 0.5) is 0 Å². The smallest absolute Gasteiger partial charge is 0.347 e. The summed E-state index contributed by atoms with van der Waals surface area (Å²) in [6.07, 6.45) is -0.822. The molecule has 0 aliphatic rings. The van der Waals surface area contributed by atoms with Crippen molar-refractivity contribution in [2.24, 2.45) is 0 Å². The number of hydrogen-bond donors (Lipinski definition) is 0. The summed E-state index contributed by atoms with van der Waals surface area (Å²) in [4.78, 5) is 11.8. The largest absolute Gasteiger partial charge is 0.496 e. The van der Waals surface area contributed by atoms with Crippen molar-refractivity contribution in [2.45, 2.75) is 13.0 Å². The van der Waals surface area contributed by atoms with Gasteiger partial charge in [-0.2, -0.15) is 5.26 Å². The zero-order valence-corrected chi connectivity index (χ0v) is 9.89. The van der Waals surface area contributed by atoms with Gasteiger partial charge >= 0.3 is 5.97 Å². The lowest BCUT2D eigenvalue weighted by atomic mass is 10.1. The van der Waals surface area contributed by atoms with Gasteiger partial charge in [-0.1, -0.05) is 6.07 Å². The average Bonchev–Trinajstić information content (AvgIpc) is 2.37. The Morgan fingerprint density at radius 1 is 1.29 bits per heavy atom. The number of nitrogens with zero attached hydrogens (tertiary/aromatic N) is 1. The first-order chi connectivity index (χ1) is 8.13. The zero-order chi connectivity index (χ0) is 12.8. The molecule has 0 aliphatic carbocycles. The monoisotopic (exact) mass is 235 g/mol. The van der Waals surface area contributed by atoms with Crippen molar-refractivity contribution < 1.29 is 19.0 Å². The van der Waals surface area contributed by atoms with E-state index in [1.807, 2.05) is 6.07 Å². The summed E-state index contributed by atoms with van der Waals surface area (Å²) in [5.74, 6) is 0.0485. The Bertz CT molecular complexity index is 428.